The van der Waals surface area contributed by atoms with Crippen LogP contribution in [0.25, 0.3) is 0 Å². The zero-order valence-electron chi connectivity index (χ0n) is 12.5. The zero-order valence-corrected chi connectivity index (χ0v) is 13.3. The second-order valence-electron chi connectivity index (χ2n) is 6.02. The highest BCUT2D eigenvalue weighted by Gasteiger charge is 2.56. The number of anilines is 1. The Bertz CT molecular complexity index is 456. The van der Waals surface area contributed by atoms with Crippen molar-refractivity contribution < 1.29 is 4.74 Å². The molecule has 110 valence electrons. The van der Waals surface area contributed by atoms with Gasteiger partial charge in [0.25, 0.3) is 0 Å². The van der Waals surface area contributed by atoms with Crippen LogP contribution in [0.5, 0.6) is 0 Å². The van der Waals surface area contributed by atoms with Crippen LogP contribution in [0.1, 0.15) is 39.0 Å². The molecule has 1 N–H and O–H groups in total. The van der Waals surface area contributed by atoms with Crippen LogP contribution in [0, 0.1) is 5.41 Å². The molecule has 20 heavy (non-hydrogen) atoms. The number of hydrogen-bond acceptors (Lipinski definition) is 3. The summed E-state index contributed by atoms with van der Waals surface area (Å²) in [7, 11) is 0. The number of benzene rings is 1. The first-order chi connectivity index (χ1) is 9.80. The van der Waals surface area contributed by atoms with Crippen LogP contribution >= 0.6 is 11.8 Å². The molecular weight excluding hydrogens is 266 g/mol. The van der Waals surface area contributed by atoms with Crippen molar-refractivity contribution in [3.8, 4) is 0 Å². The van der Waals surface area contributed by atoms with E-state index >= 15 is 0 Å². The Morgan fingerprint density at radius 1 is 1.30 bits per heavy atom. The molecule has 2 saturated carbocycles. The molecule has 0 radical (unpaired) electrons. The van der Waals surface area contributed by atoms with Crippen molar-refractivity contribution in [2.45, 2.75) is 56.1 Å². The topological polar surface area (TPSA) is 21.3 Å². The highest BCUT2D eigenvalue weighted by Crippen LogP contribution is 2.55. The van der Waals surface area contributed by atoms with Crippen LogP contribution in [0.15, 0.2) is 29.2 Å². The lowest BCUT2D eigenvalue weighted by atomic mass is 9.60. The molecule has 0 aliphatic heterocycles. The van der Waals surface area contributed by atoms with E-state index in [-0.39, 0.29) is 0 Å². The van der Waals surface area contributed by atoms with Crippen molar-refractivity contribution in [1.82, 2.24) is 0 Å². The van der Waals surface area contributed by atoms with E-state index < -0.39 is 0 Å². The third-order valence-electron chi connectivity index (χ3n) is 5.12. The third kappa shape index (κ3) is 2.35. The first-order valence-corrected chi connectivity index (χ1v) is 9.04. The molecular formula is C17H25NOS. The Kier molecular flexibility index (Phi) is 4.27. The summed E-state index contributed by atoms with van der Waals surface area (Å²) in [5, 5.41) is 3.82. The fraction of sp³-hybridized carbons (Fsp3) is 0.647. The van der Waals surface area contributed by atoms with Gasteiger partial charge in [-0.2, -0.15) is 0 Å². The molecule has 2 aliphatic carbocycles. The van der Waals surface area contributed by atoms with Crippen molar-refractivity contribution in [2.24, 2.45) is 5.41 Å². The summed E-state index contributed by atoms with van der Waals surface area (Å²) in [4.78, 5) is 1.35. The number of rotatable bonds is 5. The van der Waals surface area contributed by atoms with E-state index in [9.17, 15) is 0 Å². The second-order valence-corrected chi connectivity index (χ2v) is 6.87. The third-order valence-corrected chi connectivity index (χ3v) is 5.92. The van der Waals surface area contributed by atoms with Gasteiger partial charge in [-0.15, -0.1) is 11.8 Å². The minimum absolute atomic E-state index is 0.404. The lowest BCUT2D eigenvalue weighted by Crippen LogP contribution is -2.60. The number of para-hydroxylation sites is 1. The van der Waals surface area contributed by atoms with Crippen molar-refractivity contribution in [3.63, 3.8) is 0 Å². The monoisotopic (exact) mass is 291 g/mol. The Labute approximate surface area is 126 Å². The van der Waals surface area contributed by atoms with Crippen LogP contribution in [-0.2, 0) is 4.74 Å². The molecule has 2 aliphatic rings. The van der Waals surface area contributed by atoms with Crippen LogP contribution in [0.4, 0.5) is 5.69 Å². The van der Waals surface area contributed by atoms with Crippen molar-refractivity contribution in [3.05, 3.63) is 24.3 Å². The fourth-order valence-corrected chi connectivity index (χ4v) is 4.60. The van der Waals surface area contributed by atoms with Crippen LogP contribution in [0.2, 0.25) is 0 Å². The van der Waals surface area contributed by atoms with Gasteiger partial charge in [-0.3, -0.25) is 0 Å². The molecule has 0 aromatic heterocycles. The molecule has 3 rings (SSSR count). The number of ether oxygens (including phenoxy) is 1. The second kappa shape index (κ2) is 5.98. The normalized spacial score (nSPS) is 27.5. The molecule has 2 nitrogen and oxygen atoms in total. The highest BCUT2D eigenvalue weighted by atomic mass is 32.2. The van der Waals surface area contributed by atoms with E-state index in [1.54, 1.807) is 0 Å². The van der Waals surface area contributed by atoms with Crippen LogP contribution in [-0.4, -0.2) is 25.0 Å². The number of nitrogens with one attached hydrogen (secondary N) is 1. The van der Waals surface area contributed by atoms with E-state index in [2.05, 4.69) is 42.8 Å². The average Bonchev–Trinajstić information content (AvgIpc) is 2.99. The summed E-state index contributed by atoms with van der Waals surface area (Å²) in [6.07, 6.45) is 9.19. The maximum atomic E-state index is 5.99. The average molecular weight is 291 g/mol. The van der Waals surface area contributed by atoms with Gasteiger partial charge in [0.1, 0.15) is 0 Å². The Morgan fingerprint density at radius 3 is 2.75 bits per heavy atom. The van der Waals surface area contributed by atoms with Gasteiger partial charge >= 0.3 is 0 Å². The van der Waals surface area contributed by atoms with Gasteiger partial charge in [0.15, 0.2) is 0 Å². The van der Waals surface area contributed by atoms with E-state index in [1.807, 2.05) is 11.8 Å². The van der Waals surface area contributed by atoms with Gasteiger partial charge in [0.2, 0.25) is 0 Å². The predicted octanol–water partition coefficient (Wildman–Crippen LogP) is 4.56. The van der Waals surface area contributed by atoms with Gasteiger partial charge in [-0.1, -0.05) is 25.0 Å². The maximum absolute atomic E-state index is 5.99. The largest absolute Gasteiger partial charge is 0.381 e. The molecule has 0 amide bonds. The molecule has 2 atom stereocenters. The van der Waals surface area contributed by atoms with Crippen molar-refractivity contribution in [2.75, 3.05) is 18.2 Å². The van der Waals surface area contributed by atoms with E-state index in [0.717, 1.165) is 13.0 Å². The molecule has 0 saturated heterocycles. The minimum Gasteiger partial charge on any atom is -0.381 e. The van der Waals surface area contributed by atoms with Gasteiger partial charge in [0, 0.05) is 28.6 Å². The van der Waals surface area contributed by atoms with E-state index in [1.165, 1.54) is 36.3 Å². The lowest BCUT2D eigenvalue weighted by molar-refractivity contribution is -0.114. The summed E-state index contributed by atoms with van der Waals surface area (Å²) < 4.78 is 5.99. The number of hydrogen-bond donors (Lipinski definition) is 1. The Morgan fingerprint density at radius 2 is 2.05 bits per heavy atom. The zero-order chi connectivity index (χ0) is 14.0. The molecule has 0 bridgehead atoms. The maximum Gasteiger partial charge on any atom is 0.0670 e. The molecule has 1 aromatic rings. The Hall–Kier alpha value is -0.670. The van der Waals surface area contributed by atoms with Gasteiger partial charge in [-0.05, 0) is 44.6 Å². The first-order valence-electron chi connectivity index (χ1n) is 7.81. The van der Waals surface area contributed by atoms with Crippen molar-refractivity contribution in [1.29, 1.82) is 0 Å². The summed E-state index contributed by atoms with van der Waals surface area (Å²) in [6.45, 7) is 2.97. The SMILES string of the molecule is CCOC1CC(Nc2ccccc2SC)C12CCCC2. The van der Waals surface area contributed by atoms with Gasteiger partial charge in [0.05, 0.1) is 6.10 Å². The minimum atomic E-state index is 0.404. The molecule has 2 fully saturated rings. The highest BCUT2D eigenvalue weighted by molar-refractivity contribution is 7.98. The Balaban J connectivity index is 1.74. The van der Waals surface area contributed by atoms with E-state index in [4.69, 9.17) is 4.74 Å². The first kappa shape index (κ1) is 14.3. The van der Waals surface area contributed by atoms with Gasteiger partial charge in [-0.25, -0.2) is 0 Å². The molecule has 3 heteroatoms. The van der Waals surface area contributed by atoms with Crippen LogP contribution in [0.3, 0.4) is 0 Å². The number of thioether (sulfide) groups is 1. The summed E-state index contributed by atoms with van der Waals surface area (Å²) in [5.41, 5.74) is 1.70. The summed E-state index contributed by atoms with van der Waals surface area (Å²) in [5.74, 6) is 0. The fourth-order valence-electron chi connectivity index (χ4n) is 4.04. The molecule has 1 aromatic carbocycles. The summed E-state index contributed by atoms with van der Waals surface area (Å²) in [6, 6.07) is 9.25. The van der Waals surface area contributed by atoms with E-state index in [0.29, 0.717) is 17.6 Å². The van der Waals surface area contributed by atoms with Gasteiger partial charge < -0.3 is 10.1 Å². The van der Waals surface area contributed by atoms with Crippen molar-refractivity contribution >= 4 is 17.4 Å². The molecule has 2 unspecified atom stereocenters. The lowest BCUT2D eigenvalue weighted by Gasteiger charge is -2.54. The summed E-state index contributed by atoms with van der Waals surface area (Å²) >= 11 is 1.82. The van der Waals surface area contributed by atoms with Crippen LogP contribution < -0.4 is 5.32 Å². The smallest absolute Gasteiger partial charge is 0.0670 e. The molecule has 0 heterocycles. The predicted molar refractivity (Wildman–Crippen MR) is 86.6 cm³/mol. The molecule has 1 spiro atoms. The standard InChI is InChI=1S/C17H25NOS/c1-3-19-16-12-15(17(16)10-6-7-11-17)18-13-8-4-5-9-14(13)20-2/h4-5,8-9,15-16,18H,3,6-7,10-12H2,1-2H3. The quantitative estimate of drug-likeness (QED) is 0.804.